The molecule has 0 unspecified atom stereocenters. The average Bonchev–Trinajstić information content (AvgIpc) is 2.40. The van der Waals surface area contributed by atoms with Crippen LogP contribution in [0.2, 0.25) is 0 Å². The van der Waals surface area contributed by atoms with Gasteiger partial charge in [-0.25, -0.2) is 4.98 Å². The summed E-state index contributed by atoms with van der Waals surface area (Å²) in [6.45, 7) is 0.722. The van der Waals surface area contributed by atoms with Crippen molar-refractivity contribution in [3.8, 4) is 0 Å². The summed E-state index contributed by atoms with van der Waals surface area (Å²) in [5, 5.41) is 2.91. The van der Waals surface area contributed by atoms with Gasteiger partial charge in [-0.15, -0.1) is 0 Å². The van der Waals surface area contributed by atoms with Crippen molar-refractivity contribution in [2.24, 2.45) is 5.92 Å². The molecule has 1 heterocycles. The number of anilines is 1. The van der Waals surface area contributed by atoms with Crippen LogP contribution in [0.4, 0.5) is 5.69 Å². The second-order valence-corrected chi connectivity index (χ2v) is 4.99. The van der Waals surface area contributed by atoms with Crippen molar-refractivity contribution in [3.05, 3.63) is 24.0 Å². The molecule has 0 bridgehead atoms. The molecule has 0 aliphatic heterocycles. The first kappa shape index (κ1) is 12.9. The fraction of sp³-hybridized carbons (Fsp3) is 0.571. The summed E-state index contributed by atoms with van der Waals surface area (Å²) in [6.07, 6.45) is 9.32. The van der Waals surface area contributed by atoms with Gasteiger partial charge in [-0.2, -0.15) is 0 Å². The fourth-order valence-corrected chi connectivity index (χ4v) is 2.56. The van der Waals surface area contributed by atoms with E-state index >= 15 is 0 Å². The van der Waals surface area contributed by atoms with Gasteiger partial charge in [0.2, 0.25) is 0 Å². The van der Waals surface area contributed by atoms with Gasteiger partial charge in [0.05, 0.1) is 5.69 Å². The summed E-state index contributed by atoms with van der Waals surface area (Å²) >= 11 is 0. The number of nitrogens with zero attached hydrogens (tertiary/aromatic N) is 1. The van der Waals surface area contributed by atoms with E-state index in [1.807, 2.05) is 0 Å². The first-order valence-electron chi connectivity index (χ1n) is 6.76. The summed E-state index contributed by atoms with van der Waals surface area (Å²) in [7, 11) is 0. The highest BCUT2D eigenvalue weighted by Gasteiger charge is 2.14. The fourth-order valence-electron chi connectivity index (χ4n) is 2.56. The van der Waals surface area contributed by atoms with Crippen LogP contribution in [-0.4, -0.2) is 17.4 Å². The van der Waals surface area contributed by atoms with Crippen LogP contribution in [0.3, 0.4) is 0 Å². The van der Waals surface area contributed by atoms with Gasteiger partial charge in [0, 0.05) is 12.7 Å². The molecule has 1 fully saturated rings. The average molecular weight is 247 g/mol. The third-order valence-electron chi connectivity index (χ3n) is 3.62. The topological polar surface area (TPSA) is 68.0 Å². The molecule has 18 heavy (non-hydrogen) atoms. The van der Waals surface area contributed by atoms with Crippen LogP contribution in [-0.2, 0) is 0 Å². The molecule has 0 spiro atoms. The van der Waals surface area contributed by atoms with Gasteiger partial charge in [-0.05, 0) is 24.5 Å². The van der Waals surface area contributed by atoms with Crippen molar-refractivity contribution < 1.29 is 4.79 Å². The number of nitrogen functional groups attached to an aromatic ring is 1. The summed E-state index contributed by atoms with van der Waals surface area (Å²) in [5.74, 6) is 0.615. The molecule has 0 aromatic carbocycles. The molecule has 1 aliphatic carbocycles. The van der Waals surface area contributed by atoms with Crippen LogP contribution < -0.4 is 11.1 Å². The summed E-state index contributed by atoms with van der Waals surface area (Å²) in [4.78, 5) is 15.9. The van der Waals surface area contributed by atoms with Crippen molar-refractivity contribution in [1.82, 2.24) is 10.3 Å². The van der Waals surface area contributed by atoms with E-state index in [-0.39, 0.29) is 5.91 Å². The van der Waals surface area contributed by atoms with E-state index in [2.05, 4.69) is 10.3 Å². The van der Waals surface area contributed by atoms with Crippen LogP contribution in [0.5, 0.6) is 0 Å². The number of carbonyl (C=O) groups excluding carboxylic acids is 1. The van der Waals surface area contributed by atoms with Gasteiger partial charge >= 0.3 is 0 Å². The van der Waals surface area contributed by atoms with Crippen LogP contribution in [0.25, 0.3) is 0 Å². The highest BCUT2D eigenvalue weighted by Crippen LogP contribution is 2.25. The van der Waals surface area contributed by atoms with Crippen molar-refractivity contribution >= 4 is 11.6 Å². The molecular formula is C14H21N3O. The highest BCUT2D eigenvalue weighted by atomic mass is 16.1. The Morgan fingerprint density at radius 1 is 1.39 bits per heavy atom. The molecule has 4 nitrogen and oxygen atoms in total. The van der Waals surface area contributed by atoms with Gasteiger partial charge in [-0.3, -0.25) is 4.79 Å². The number of carbonyl (C=O) groups is 1. The predicted molar refractivity (Wildman–Crippen MR) is 72.2 cm³/mol. The second-order valence-electron chi connectivity index (χ2n) is 4.99. The smallest absolute Gasteiger partial charge is 0.272 e. The van der Waals surface area contributed by atoms with Crippen LogP contribution >= 0.6 is 0 Å². The van der Waals surface area contributed by atoms with Gasteiger partial charge in [0.25, 0.3) is 5.91 Å². The first-order valence-corrected chi connectivity index (χ1v) is 6.76. The Bertz CT molecular complexity index is 400. The number of aromatic nitrogens is 1. The number of pyridine rings is 1. The molecule has 98 valence electrons. The Morgan fingerprint density at radius 2 is 2.17 bits per heavy atom. The molecule has 0 saturated heterocycles. The second kappa shape index (κ2) is 6.38. The van der Waals surface area contributed by atoms with Crippen molar-refractivity contribution in [2.45, 2.75) is 38.5 Å². The number of rotatable bonds is 4. The van der Waals surface area contributed by atoms with E-state index in [0.717, 1.165) is 18.9 Å². The first-order chi connectivity index (χ1) is 8.77. The molecule has 1 aromatic heterocycles. The number of hydrogen-bond donors (Lipinski definition) is 2. The maximum Gasteiger partial charge on any atom is 0.272 e. The van der Waals surface area contributed by atoms with Gasteiger partial charge in [0.15, 0.2) is 5.69 Å². The molecule has 0 radical (unpaired) electrons. The molecular weight excluding hydrogens is 226 g/mol. The molecule has 1 amide bonds. The molecule has 0 atom stereocenters. The molecule has 2 rings (SSSR count). The lowest BCUT2D eigenvalue weighted by atomic mass is 9.87. The number of amides is 1. The minimum Gasteiger partial charge on any atom is -0.397 e. The summed E-state index contributed by atoms with van der Waals surface area (Å²) in [6, 6.07) is 3.43. The van der Waals surface area contributed by atoms with Gasteiger partial charge in [-0.1, -0.05) is 32.1 Å². The SMILES string of the molecule is Nc1cccnc1C(=O)NCCC1CCCCC1. The minimum absolute atomic E-state index is 0.163. The van der Waals surface area contributed by atoms with E-state index in [4.69, 9.17) is 5.73 Å². The van der Waals surface area contributed by atoms with Gasteiger partial charge in [0.1, 0.15) is 0 Å². The molecule has 1 aromatic rings. The molecule has 1 saturated carbocycles. The maximum absolute atomic E-state index is 11.9. The Balaban J connectivity index is 1.76. The molecule has 4 heteroatoms. The van der Waals surface area contributed by atoms with E-state index in [0.29, 0.717) is 11.4 Å². The lowest BCUT2D eigenvalue weighted by molar-refractivity contribution is 0.0946. The molecule has 1 aliphatic rings. The van der Waals surface area contributed by atoms with E-state index in [9.17, 15) is 4.79 Å². The van der Waals surface area contributed by atoms with Crippen molar-refractivity contribution in [3.63, 3.8) is 0 Å². The number of nitrogens with two attached hydrogens (primary N) is 1. The Labute approximate surface area is 108 Å². The summed E-state index contributed by atoms with van der Waals surface area (Å²) in [5.41, 5.74) is 6.48. The predicted octanol–water partition coefficient (Wildman–Crippen LogP) is 2.36. The Morgan fingerprint density at radius 3 is 2.89 bits per heavy atom. The lowest BCUT2D eigenvalue weighted by Crippen LogP contribution is -2.27. The van der Waals surface area contributed by atoms with E-state index in [1.54, 1.807) is 18.3 Å². The quantitative estimate of drug-likeness (QED) is 0.858. The highest BCUT2D eigenvalue weighted by molar-refractivity contribution is 5.96. The zero-order valence-corrected chi connectivity index (χ0v) is 10.7. The Kier molecular flexibility index (Phi) is 4.56. The molecule has 3 N–H and O–H groups in total. The van der Waals surface area contributed by atoms with Gasteiger partial charge < -0.3 is 11.1 Å². The number of nitrogens with one attached hydrogen (secondary N) is 1. The van der Waals surface area contributed by atoms with Crippen LogP contribution in [0, 0.1) is 5.92 Å². The normalized spacial score (nSPS) is 16.4. The standard InChI is InChI=1S/C14H21N3O/c15-12-7-4-9-16-13(12)14(18)17-10-8-11-5-2-1-3-6-11/h4,7,9,11H,1-3,5-6,8,10,15H2,(H,17,18). The monoisotopic (exact) mass is 247 g/mol. The lowest BCUT2D eigenvalue weighted by Gasteiger charge is -2.21. The number of hydrogen-bond acceptors (Lipinski definition) is 3. The third kappa shape index (κ3) is 3.45. The maximum atomic E-state index is 11.9. The zero-order chi connectivity index (χ0) is 12.8. The van der Waals surface area contributed by atoms with Crippen molar-refractivity contribution in [2.75, 3.05) is 12.3 Å². The van der Waals surface area contributed by atoms with E-state index < -0.39 is 0 Å². The summed E-state index contributed by atoms with van der Waals surface area (Å²) < 4.78 is 0. The minimum atomic E-state index is -0.163. The largest absolute Gasteiger partial charge is 0.397 e. The van der Waals surface area contributed by atoms with Crippen LogP contribution in [0.1, 0.15) is 49.0 Å². The van der Waals surface area contributed by atoms with E-state index in [1.165, 1.54) is 32.1 Å². The zero-order valence-electron chi connectivity index (χ0n) is 10.7. The Hall–Kier alpha value is -1.58. The van der Waals surface area contributed by atoms with Crippen LogP contribution in [0.15, 0.2) is 18.3 Å². The van der Waals surface area contributed by atoms with Crippen molar-refractivity contribution in [1.29, 1.82) is 0 Å². The third-order valence-corrected chi connectivity index (χ3v) is 3.62.